The van der Waals surface area contributed by atoms with Crippen LogP contribution in [0.3, 0.4) is 0 Å². The zero-order chi connectivity index (χ0) is 14.4. The number of rotatable bonds is 6. The lowest BCUT2D eigenvalue weighted by Gasteiger charge is -2.32. The Morgan fingerprint density at radius 1 is 1.15 bits per heavy atom. The van der Waals surface area contributed by atoms with E-state index in [0.29, 0.717) is 12.0 Å². The Morgan fingerprint density at radius 2 is 1.80 bits per heavy atom. The molecule has 1 aliphatic rings. The molecule has 1 fully saturated rings. The molecule has 20 heavy (non-hydrogen) atoms. The van der Waals surface area contributed by atoms with E-state index in [1.807, 2.05) is 12.1 Å². The summed E-state index contributed by atoms with van der Waals surface area (Å²) in [6, 6.07) is 8.45. The molecule has 2 rings (SSSR count). The van der Waals surface area contributed by atoms with Crippen LogP contribution in [0, 0.1) is 11.8 Å². The quantitative estimate of drug-likeness (QED) is 0.766. The highest BCUT2D eigenvalue weighted by atomic mass is 35.5. The second-order valence-corrected chi connectivity index (χ2v) is 6.85. The van der Waals surface area contributed by atoms with Crippen molar-refractivity contribution in [2.45, 2.75) is 64.3 Å². The van der Waals surface area contributed by atoms with Crippen molar-refractivity contribution in [3.05, 3.63) is 34.9 Å². The highest BCUT2D eigenvalue weighted by Crippen LogP contribution is 2.33. The molecular formula is C18H28ClN. The van der Waals surface area contributed by atoms with Crippen molar-refractivity contribution in [2.24, 2.45) is 17.6 Å². The van der Waals surface area contributed by atoms with E-state index < -0.39 is 0 Å². The van der Waals surface area contributed by atoms with Gasteiger partial charge in [0.1, 0.15) is 0 Å². The molecule has 0 saturated heterocycles. The van der Waals surface area contributed by atoms with Crippen LogP contribution in [-0.2, 0) is 6.42 Å². The highest BCUT2D eigenvalue weighted by Gasteiger charge is 2.25. The van der Waals surface area contributed by atoms with Gasteiger partial charge in [-0.1, -0.05) is 62.8 Å². The van der Waals surface area contributed by atoms with E-state index in [1.54, 1.807) is 0 Å². The summed E-state index contributed by atoms with van der Waals surface area (Å²) in [4.78, 5) is 0. The standard InChI is InChI=1S/C18H28ClN/c1-2-3-4-14-5-9-16(10-6-14)18(20)13-15-7-11-17(19)12-8-15/h7-8,11-12,14,16,18H,2-6,9-10,13,20H2,1H3. The van der Waals surface area contributed by atoms with Gasteiger partial charge in [-0.25, -0.2) is 0 Å². The van der Waals surface area contributed by atoms with E-state index in [2.05, 4.69) is 19.1 Å². The first-order chi connectivity index (χ1) is 9.69. The summed E-state index contributed by atoms with van der Waals surface area (Å²) in [7, 11) is 0. The molecule has 0 radical (unpaired) electrons. The minimum absolute atomic E-state index is 0.309. The largest absolute Gasteiger partial charge is 0.327 e. The summed E-state index contributed by atoms with van der Waals surface area (Å²) in [5.74, 6) is 1.68. The Morgan fingerprint density at radius 3 is 2.40 bits per heavy atom. The lowest BCUT2D eigenvalue weighted by Crippen LogP contribution is -2.34. The molecule has 2 N–H and O–H groups in total. The summed E-state index contributed by atoms with van der Waals surface area (Å²) in [5.41, 5.74) is 7.75. The third kappa shape index (κ3) is 4.79. The van der Waals surface area contributed by atoms with Crippen molar-refractivity contribution in [3.63, 3.8) is 0 Å². The number of hydrogen-bond donors (Lipinski definition) is 1. The lowest BCUT2D eigenvalue weighted by atomic mass is 9.76. The molecule has 0 spiro atoms. The minimum Gasteiger partial charge on any atom is -0.327 e. The molecule has 0 aliphatic heterocycles. The van der Waals surface area contributed by atoms with Crippen LogP contribution in [0.5, 0.6) is 0 Å². The lowest BCUT2D eigenvalue weighted by molar-refractivity contribution is 0.231. The van der Waals surface area contributed by atoms with Gasteiger partial charge < -0.3 is 5.73 Å². The SMILES string of the molecule is CCCCC1CCC(C(N)Cc2ccc(Cl)cc2)CC1. The molecule has 112 valence electrons. The van der Waals surface area contributed by atoms with Crippen LogP contribution >= 0.6 is 11.6 Å². The molecule has 0 heterocycles. The third-order valence-electron chi connectivity index (χ3n) is 4.85. The number of hydrogen-bond acceptors (Lipinski definition) is 1. The molecule has 1 aromatic carbocycles. The Balaban J connectivity index is 1.76. The van der Waals surface area contributed by atoms with Gasteiger partial charge in [-0.15, -0.1) is 0 Å². The van der Waals surface area contributed by atoms with Crippen molar-refractivity contribution in [1.29, 1.82) is 0 Å². The topological polar surface area (TPSA) is 26.0 Å². The fraction of sp³-hybridized carbons (Fsp3) is 0.667. The van der Waals surface area contributed by atoms with Crippen LogP contribution in [0.4, 0.5) is 0 Å². The van der Waals surface area contributed by atoms with E-state index in [4.69, 9.17) is 17.3 Å². The predicted molar refractivity (Wildman–Crippen MR) is 88.1 cm³/mol. The Bertz CT molecular complexity index is 379. The molecule has 2 heteroatoms. The van der Waals surface area contributed by atoms with Gasteiger partial charge in [0.15, 0.2) is 0 Å². The molecule has 1 aromatic rings. The fourth-order valence-corrected chi connectivity index (χ4v) is 3.58. The van der Waals surface area contributed by atoms with Gasteiger partial charge in [0, 0.05) is 11.1 Å². The van der Waals surface area contributed by atoms with Crippen LogP contribution in [0.25, 0.3) is 0 Å². The molecule has 1 unspecified atom stereocenters. The summed E-state index contributed by atoms with van der Waals surface area (Å²) in [6.45, 7) is 2.29. The van der Waals surface area contributed by atoms with Crippen molar-refractivity contribution in [2.75, 3.05) is 0 Å². The van der Waals surface area contributed by atoms with E-state index in [0.717, 1.165) is 17.4 Å². The van der Waals surface area contributed by atoms with Gasteiger partial charge in [0.25, 0.3) is 0 Å². The zero-order valence-corrected chi connectivity index (χ0v) is 13.4. The van der Waals surface area contributed by atoms with Crippen LogP contribution < -0.4 is 5.73 Å². The van der Waals surface area contributed by atoms with Crippen LogP contribution in [0.2, 0.25) is 5.02 Å². The highest BCUT2D eigenvalue weighted by molar-refractivity contribution is 6.30. The van der Waals surface area contributed by atoms with E-state index in [-0.39, 0.29) is 0 Å². The first kappa shape index (κ1) is 15.9. The zero-order valence-electron chi connectivity index (χ0n) is 12.7. The smallest absolute Gasteiger partial charge is 0.0406 e. The van der Waals surface area contributed by atoms with Gasteiger partial charge in [0.05, 0.1) is 0 Å². The molecule has 1 nitrogen and oxygen atoms in total. The maximum atomic E-state index is 6.43. The minimum atomic E-state index is 0.309. The maximum absolute atomic E-state index is 6.43. The van der Waals surface area contributed by atoms with Gasteiger partial charge in [0.2, 0.25) is 0 Å². The summed E-state index contributed by atoms with van der Waals surface area (Å²) >= 11 is 5.92. The van der Waals surface area contributed by atoms with E-state index in [1.165, 1.54) is 50.5 Å². The number of halogens is 1. The summed E-state index contributed by atoms with van der Waals surface area (Å²) in [5, 5.41) is 0.804. The maximum Gasteiger partial charge on any atom is 0.0406 e. The molecule has 1 saturated carbocycles. The van der Waals surface area contributed by atoms with Crippen LogP contribution in [0.15, 0.2) is 24.3 Å². The number of benzene rings is 1. The second kappa shape index (κ2) is 8.05. The number of nitrogens with two attached hydrogens (primary N) is 1. The normalized spacial score (nSPS) is 24.6. The predicted octanol–water partition coefficient (Wildman–Crippen LogP) is 5.21. The van der Waals surface area contributed by atoms with Crippen molar-refractivity contribution in [3.8, 4) is 0 Å². The molecule has 0 bridgehead atoms. The van der Waals surface area contributed by atoms with Crippen molar-refractivity contribution < 1.29 is 0 Å². The molecule has 1 atom stereocenters. The monoisotopic (exact) mass is 293 g/mol. The Hall–Kier alpha value is -0.530. The third-order valence-corrected chi connectivity index (χ3v) is 5.10. The van der Waals surface area contributed by atoms with Gasteiger partial charge in [-0.05, 0) is 48.8 Å². The Kier molecular flexibility index (Phi) is 6.38. The van der Waals surface area contributed by atoms with Crippen molar-refractivity contribution in [1.82, 2.24) is 0 Å². The van der Waals surface area contributed by atoms with Gasteiger partial charge >= 0.3 is 0 Å². The first-order valence-corrected chi connectivity index (χ1v) is 8.57. The van der Waals surface area contributed by atoms with Crippen molar-refractivity contribution >= 4 is 11.6 Å². The average molecular weight is 294 g/mol. The second-order valence-electron chi connectivity index (χ2n) is 6.42. The first-order valence-electron chi connectivity index (χ1n) is 8.19. The Labute approximate surface area is 128 Å². The average Bonchev–Trinajstić information content (AvgIpc) is 2.48. The fourth-order valence-electron chi connectivity index (χ4n) is 3.46. The van der Waals surface area contributed by atoms with Gasteiger partial charge in [-0.3, -0.25) is 0 Å². The molecule has 0 amide bonds. The summed E-state index contributed by atoms with van der Waals surface area (Å²) in [6.07, 6.45) is 10.6. The number of unbranched alkanes of at least 4 members (excludes halogenated alkanes) is 1. The van der Waals surface area contributed by atoms with E-state index >= 15 is 0 Å². The van der Waals surface area contributed by atoms with Gasteiger partial charge in [-0.2, -0.15) is 0 Å². The van der Waals surface area contributed by atoms with E-state index in [9.17, 15) is 0 Å². The molecule has 0 aromatic heterocycles. The van der Waals surface area contributed by atoms with Crippen LogP contribution in [0.1, 0.15) is 57.4 Å². The van der Waals surface area contributed by atoms with Crippen LogP contribution in [-0.4, -0.2) is 6.04 Å². The summed E-state index contributed by atoms with van der Waals surface area (Å²) < 4.78 is 0. The molecular weight excluding hydrogens is 266 g/mol. The molecule has 1 aliphatic carbocycles.